The normalized spacial score (nSPS) is 28.6. The van der Waals surface area contributed by atoms with E-state index in [0.717, 1.165) is 27.7 Å². The van der Waals surface area contributed by atoms with Crippen molar-refractivity contribution in [2.45, 2.75) is 64.6 Å². The summed E-state index contributed by atoms with van der Waals surface area (Å²) in [7, 11) is -3.69. The quantitative estimate of drug-likeness (QED) is 0.299. The van der Waals surface area contributed by atoms with E-state index >= 15 is 0 Å². The minimum Gasteiger partial charge on any atom is -0.463 e. The number of rotatable bonds is 8. The zero-order chi connectivity index (χ0) is 22.3. The predicted octanol–water partition coefficient (Wildman–Crippen LogP) is -0.194. The summed E-state index contributed by atoms with van der Waals surface area (Å²) in [5.41, 5.74) is 0. The highest BCUT2D eigenvalue weighted by Crippen LogP contribution is 2.35. The van der Waals surface area contributed by atoms with Crippen LogP contribution in [0, 0.1) is 0 Å². The van der Waals surface area contributed by atoms with Crippen LogP contribution in [-0.2, 0) is 52.0 Å². The van der Waals surface area contributed by atoms with Gasteiger partial charge in [0.1, 0.15) is 12.7 Å². The maximum Gasteiger partial charge on any atom is 0.319 e. The van der Waals surface area contributed by atoms with Gasteiger partial charge in [-0.05, 0) is 0 Å². The first-order valence-electron chi connectivity index (χ1n) is 8.26. The van der Waals surface area contributed by atoms with E-state index in [1.807, 2.05) is 0 Å². The van der Waals surface area contributed by atoms with Gasteiger partial charge in [0, 0.05) is 27.7 Å². The van der Waals surface area contributed by atoms with Crippen molar-refractivity contribution in [2.24, 2.45) is 0 Å². The molecule has 7 atom stereocenters. The molecule has 0 aromatic heterocycles. The number of carbonyl (C=O) groups is 4. The maximum absolute atomic E-state index is 14.7. The first-order chi connectivity index (χ1) is 13.4. The van der Waals surface area contributed by atoms with Crippen molar-refractivity contribution in [3.05, 3.63) is 0 Å². The molecule has 1 saturated heterocycles. The highest BCUT2D eigenvalue weighted by molar-refractivity contribution is 7.32. The fraction of sp³-hybridized carbons (Fsp3) is 0.733. The monoisotopic (exact) mass is 444 g/mol. The molecular weight excluding hydrogens is 422 g/mol. The molecule has 0 radical (unpaired) electrons. The second-order valence-corrected chi connectivity index (χ2v) is 6.66. The lowest BCUT2D eigenvalue weighted by atomic mass is 9.95. The Morgan fingerprint density at radius 3 is 1.86 bits per heavy atom. The molecule has 0 aliphatic carbocycles. The molecule has 1 aliphatic rings. The molecule has 1 fully saturated rings. The number of alkyl halides is 1. The maximum atomic E-state index is 14.7. The van der Waals surface area contributed by atoms with Crippen molar-refractivity contribution in [2.75, 3.05) is 6.61 Å². The highest BCUT2D eigenvalue weighted by Gasteiger charge is 2.55. The third-order valence-corrected chi connectivity index (χ3v) is 3.89. The van der Waals surface area contributed by atoms with Crippen LogP contribution in [0.5, 0.6) is 0 Å². The smallest absolute Gasteiger partial charge is 0.319 e. The van der Waals surface area contributed by atoms with E-state index in [4.69, 9.17) is 23.8 Å². The summed E-state index contributed by atoms with van der Waals surface area (Å²) in [4.78, 5) is 54.5. The van der Waals surface area contributed by atoms with Crippen molar-refractivity contribution in [3.63, 3.8) is 0 Å². The molecule has 1 rings (SSSR count). The highest BCUT2D eigenvalue weighted by atomic mass is 31.1. The first-order valence-corrected chi connectivity index (χ1v) is 9.52. The fourth-order valence-corrected chi connectivity index (χ4v) is 2.97. The minimum absolute atomic E-state index is 0.810. The summed E-state index contributed by atoms with van der Waals surface area (Å²) in [6.45, 7) is 3.15. The van der Waals surface area contributed by atoms with Crippen molar-refractivity contribution in [1.29, 1.82) is 0 Å². The van der Waals surface area contributed by atoms with Gasteiger partial charge in [0.15, 0.2) is 24.5 Å². The summed E-state index contributed by atoms with van der Waals surface area (Å²) in [5.74, 6) is -3.57. The Morgan fingerprint density at radius 1 is 0.931 bits per heavy atom. The Hall–Kier alpha value is -2.08. The third kappa shape index (κ3) is 8.05. The van der Waals surface area contributed by atoms with Gasteiger partial charge in [-0.3, -0.25) is 28.3 Å². The molecule has 0 spiro atoms. The van der Waals surface area contributed by atoms with Crippen molar-refractivity contribution in [3.8, 4) is 0 Å². The van der Waals surface area contributed by atoms with E-state index in [-0.39, 0.29) is 0 Å². The van der Waals surface area contributed by atoms with E-state index in [1.54, 1.807) is 0 Å². The van der Waals surface area contributed by atoms with Crippen LogP contribution < -0.4 is 0 Å². The molecule has 1 heterocycles. The van der Waals surface area contributed by atoms with E-state index in [9.17, 15) is 28.1 Å². The fourth-order valence-electron chi connectivity index (χ4n) is 2.58. The summed E-state index contributed by atoms with van der Waals surface area (Å²) < 4.78 is 55.4. The standard InChI is InChI=1S/C15H22FO12P/c1-6(17)23-5-10(16)11-12(24-7(2)18)13(25-8(3)19)14(26-9(4)20)15(27-11)28-29(21)22/h10-15,29H,5H2,1-4H3,(H,21,22)/t10-,11?,12?,13?,14?,15?/m0/s1. The van der Waals surface area contributed by atoms with E-state index in [1.165, 1.54) is 0 Å². The van der Waals surface area contributed by atoms with Crippen LogP contribution in [-0.4, -0.2) is 72.3 Å². The van der Waals surface area contributed by atoms with Crippen molar-refractivity contribution < 1.29 is 61.2 Å². The molecule has 12 nitrogen and oxygen atoms in total. The summed E-state index contributed by atoms with van der Waals surface area (Å²) in [6.07, 6.45) is -10.7. The molecule has 6 unspecified atom stereocenters. The molecule has 1 N–H and O–H groups in total. The number of carbonyl (C=O) groups excluding carboxylic acids is 4. The second-order valence-electron chi connectivity index (χ2n) is 5.89. The van der Waals surface area contributed by atoms with Crippen LogP contribution in [0.2, 0.25) is 0 Å². The molecular formula is C15H22FO12P. The van der Waals surface area contributed by atoms with Gasteiger partial charge in [-0.2, -0.15) is 0 Å². The van der Waals surface area contributed by atoms with Gasteiger partial charge < -0.3 is 28.6 Å². The van der Waals surface area contributed by atoms with Crippen LogP contribution in [0.25, 0.3) is 0 Å². The predicted molar refractivity (Wildman–Crippen MR) is 89.2 cm³/mol. The average Bonchev–Trinajstić information content (AvgIpc) is 2.55. The van der Waals surface area contributed by atoms with Crippen LogP contribution in [0.4, 0.5) is 4.39 Å². The molecule has 14 heteroatoms. The Kier molecular flexibility index (Phi) is 9.63. The second kappa shape index (κ2) is 11.2. The van der Waals surface area contributed by atoms with Crippen LogP contribution in [0.3, 0.4) is 0 Å². The van der Waals surface area contributed by atoms with Gasteiger partial charge in [0.25, 0.3) is 0 Å². The van der Waals surface area contributed by atoms with E-state index < -0.39 is 75.6 Å². The Morgan fingerprint density at radius 2 is 1.41 bits per heavy atom. The lowest BCUT2D eigenvalue weighted by Gasteiger charge is -2.44. The first kappa shape index (κ1) is 25.0. The molecule has 1 aliphatic heterocycles. The third-order valence-electron chi connectivity index (χ3n) is 3.46. The van der Waals surface area contributed by atoms with Gasteiger partial charge in [-0.1, -0.05) is 0 Å². The zero-order valence-electron chi connectivity index (χ0n) is 16.0. The SMILES string of the molecule is CC(=O)OC[C@H](F)C1OC(O[PH](=O)O)C(OC(C)=O)C(OC(C)=O)C1OC(C)=O. The molecule has 0 aromatic rings. The lowest BCUT2D eigenvalue weighted by Crippen LogP contribution is -2.64. The number of esters is 4. The van der Waals surface area contributed by atoms with Gasteiger partial charge in [0.05, 0.1) is 0 Å². The van der Waals surface area contributed by atoms with E-state index in [0.29, 0.717) is 0 Å². The zero-order valence-corrected chi connectivity index (χ0v) is 17.0. The molecule has 0 amide bonds. The van der Waals surface area contributed by atoms with Gasteiger partial charge >= 0.3 is 32.1 Å². The van der Waals surface area contributed by atoms with Crippen LogP contribution in [0.15, 0.2) is 0 Å². The van der Waals surface area contributed by atoms with Crippen LogP contribution >= 0.6 is 8.25 Å². The Labute approximate surface area is 165 Å². The molecule has 29 heavy (non-hydrogen) atoms. The summed E-state index contributed by atoms with van der Waals surface area (Å²) in [6, 6.07) is 0. The van der Waals surface area contributed by atoms with Gasteiger partial charge in [-0.15, -0.1) is 0 Å². The lowest BCUT2D eigenvalue weighted by molar-refractivity contribution is -0.294. The van der Waals surface area contributed by atoms with Gasteiger partial charge in [0.2, 0.25) is 6.29 Å². The van der Waals surface area contributed by atoms with Crippen molar-refractivity contribution >= 4 is 32.1 Å². The average molecular weight is 444 g/mol. The summed E-state index contributed by atoms with van der Waals surface area (Å²) >= 11 is 0. The molecule has 166 valence electrons. The summed E-state index contributed by atoms with van der Waals surface area (Å²) in [5, 5.41) is 0. The number of halogens is 1. The Bertz CT molecular complexity index is 655. The van der Waals surface area contributed by atoms with E-state index in [2.05, 4.69) is 9.26 Å². The number of ether oxygens (including phenoxy) is 5. The Balaban J connectivity index is 3.35. The molecule has 0 saturated carbocycles. The number of hydrogen-bond donors (Lipinski definition) is 1. The topological polar surface area (TPSA) is 161 Å². The minimum atomic E-state index is -3.69. The molecule has 0 bridgehead atoms. The van der Waals surface area contributed by atoms with Gasteiger partial charge in [-0.25, -0.2) is 4.39 Å². The largest absolute Gasteiger partial charge is 0.463 e. The molecule has 0 aromatic carbocycles. The number of hydrogen-bond acceptors (Lipinski definition) is 11. The van der Waals surface area contributed by atoms with Crippen molar-refractivity contribution in [1.82, 2.24) is 0 Å². The van der Waals surface area contributed by atoms with Crippen LogP contribution in [0.1, 0.15) is 27.7 Å².